The molecule has 2 rings (SSSR count). The van der Waals surface area contributed by atoms with E-state index >= 15 is 0 Å². The van der Waals surface area contributed by atoms with Gasteiger partial charge in [-0.15, -0.1) is 11.8 Å². The Labute approximate surface area is 122 Å². The van der Waals surface area contributed by atoms with Gasteiger partial charge in [0.15, 0.2) is 17.3 Å². The Morgan fingerprint density at radius 1 is 1.05 bits per heavy atom. The van der Waals surface area contributed by atoms with Gasteiger partial charge in [-0.2, -0.15) is 0 Å². The lowest BCUT2D eigenvalue weighted by Gasteiger charge is -2.07. The van der Waals surface area contributed by atoms with E-state index < -0.39 is 0 Å². The van der Waals surface area contributed by atoms with E-state index in [-0.39, 0.29) is 17.3 Å². The number of phenols is 2. The van der Waals surface area contributed by atoms with Crippen molar-refractivity contribution in [2.75, 3.05) is 5.75 Å². The maximum atomic E-state index is 12.0. The molecule has 0 bridgehead atoms. The summed E-state index contributed by atoms with van der Waals surface area (Å²) in [5, 5.41) is 18.6. The molecule has 0 amide bonds. The molecule has 0 heterocycles. The van der Waals surface area contributed by atoms with Crippen molar-refractivity contribution >= 4 is 17.5 Å². The number of rotatable bonds is 4. The Morgan fingerprint density at radius 2 is 1.80 bits per heavy atom. The Bertz CT molecular complexity index is 650. The van der Waals surface area contributed by atoms with Gasteiger partial charge in [0.1, 0.15) is 0 Å². The Hall–Kier alpha value is -1.94. The first-order valence-electron chi connectivity index (χ1n) is 6.22. The van der Waals surface area contributed by atoms with E-state index in [0.717, 1.165) is 10.5 Å². The van der Waals surface area contributed by atoms with Gasteiger partial charge in [-0.25, -0.2) is 0 Å². The minimum Gasteiger partial charge on any atom is -0.504 e. The lowest BCUT2D eigenvalue weighted by Crippen LogP contribution is -2.02. The number of phenolic OH excluding ortho intramolecular Hbond substituents is 2. The van der Waals surface area contributed by atoms with Crippen molar-refractivity contribution in [3.63, 3.8) is 0 Å². The normalized spacial score (nSPS) is 10.5. The van der Waals surface area contributed by atoms with E-state index in [0.29, 0.717) is 11.3 Å². The topological polar surface area (TPSA) is 57.5 Å². The fraction of sp³-hybridized carbons (Fsp3) is 0.188. The van der Waals surface area contributed by atoms with Gasteiger partial charge >= 0.3 is 0 Å². The molecule has 0 aliphatic rings. The predicted octanol–water partition coefficient (Wildman–Crippen LogP) is 3.69. The molecule has 0 radical (unpaired) electrons. The molecule has 2 aromatic rings. The molecule has 20 heavy (non-hydrogen) atoms. The number of benzene rings is 2. The average Bonchev–Trinajstić information content (AvgIpc) is 2.40. The van der Waals surface area contributed by atoms with Crippen LogP contribution in [0.15, 0.2) is 41.3 Å². The maximum Gasteiger partial charge on any atom is 0.173 e. The maximum absolute atomic E-state index is 12.0. The van der Waals surface area contributed by atoms with Gasteiger partial charge in [0.25, 0.3) is 0 Å². The summed E-state index contributed by atoms with van der Waals surface area (Å²) in [6, 6.07) is 10.2. The average molecular weight is 288 g/mol. The molecule has 104 valence electrons. The van der Waals surface area contributed by atoms with Crippen LogP contribution in [0.25, 0.3) is 0 Å². The lowest BCUT2D eigenvalue weighted by molar-refractivity contribution is 0.102. The largest absolute Gasteiger partial charge is 0.504 e. The van der Waals surface area contributed by atoms with Crippen molar-refractivity contribution < 1.29 is 15.0 Å². The van der Waals surface area contributed by atoms with Crippen molar-refractivity contribution in [1.82, 2.24) is 0 Å². The monoisotopic (exact) mass is 288 g/mol. The molecule has 0 atom stereocenters. The van der Waals surface area contributed by atoms with E-state index in [1.54, 1.807) is 0 Å². The molecule has 0 spiro atoms. The zero-order chi connectivity index (χ0) is 14.7. The standard InChI is InChI=1S/C16H16O3S/c1-10-3-6-16(11(2)7-10)20-9-15(19)12-4-5-13(17)14(18)8-12/h3-8,17-18H,9H2,1-2H3. The number of Topliss-reactive ketones (excluding diaryl/α,β-unsaturated/α-hetero) is 1. The summed E-state index contributed by atoms with van der Waals surface area (Å²) < 4.78 is 0. The molecule has 0 fully saturated rings. The molecular weight excluding hydrogens is 272 g/mol. The van der Waals surface area contributed by atoms with Gasteiger partial charge in [-0.1, -0.05) is 17.7 Å². The van der Waals surface area contributed by atoms with Crippen LogP contribution in [0.4, 0.5) is 0 Å². The molecule has 4 heteroatoms. The Morgan fingerprint density at radius 3 is 2.45 bits per heavy atom. The second kappa shape index (κ2) is 6.01. The van der Waals surface area contributed by atoms with Crippen molar-refractivity contribution in [1.29, 1.82) is 0 Å². The van der Waals surface area contributed by atoms with Crippen LogP contribution in [-0.4, -0.2) is 21.7 Å². The number of aromatic hydroxyl groups is 2. The summed E-state index contributed by atoms with van der Waals surface area (Å²) in [4.78, 5) is 13.1. The number of carbonyl (C=O) groups is 1. The molecule has 0 aliphatic carbocycles. The van der Waals surface area contributed by atoms with Gasteiger partial charge in [-0.05, 0) is 43.7 Å². The first-order valence-corrected chi connectivity index (χ1v) is 7.21. The Kier molecular flexibility index (Phi) is 4.35. The molecule has 2 aromatic carbocycles. The van der Waals surface area contributed by atoms with Crippen molar-refractivity contribution in [2.24, 2.45) is 0 Å². The van der Waals surface area contributed by atoms with E-state index in [2.05, 4.69) is 6.07 Å². The fourth-order valence-electron chi connectivity index (χ4n) is 1.88. The minimum absolute atomic E-state index is 0.0784. The van der Waals surface area contributed by atoms with E-state index in [1.807, 2.05) is 26.0 Å². The van der Waals surface area contributed by atoms with Gasteiger partial charge in [0.2, 0.25) is 0 Å². The number of ketones is 1. The van der Waals surface area contributed by atoms with Crippen molar-refractivity contribution in [2.45, 2.75) is 18.7 Å². The summed E-state index contributed by atoms with van der Waals surface area (Å²) in [5.41, 5.74) is 2.75. The van der Waals surface area contributed by atoms with Crippen LogP contribution in [0, 0.1) is 13.8 Å². The molecule has 0 aliphatic heterocycles. The molecule has 3 nitrogen and oxygen atoms in total. The summed E-state index contributed by atoms with van der Waals surface area (Å²) in [5.74, 6) is -0.269. The highest BCUT2D eigenvalue weighted by molar-refractivity contribution is 8.00. The first kappa shape index (κ1) is 14.5. The quantitative estimate of drug-likeness (QED) is 0.512. The highest BCUT2D eigenvalue weighted by atomic mass is 32.2. The third-order valence-corrected chi connectivity index (χ3v) is 4.16. The highest BCUT2D eigenvalue weighted by Gasteiger charge is 2.10. The van der Waals surface area contributed by atoms with Gasteiger partial charge in [0, 0.05) is 10.5 Å². The lowest BCUT2D eigenvalue weighted by atomic mass is 10.1. The SMILES string of the molecule is Cc1ccc(SCC(=O)c2ccc(O)c(O)c2)c(C)c1. The second-order valence-corrected chi connectivity index (χ2v) is 5.70. The van der Waals surface area contributed by atoms with Crippen LogP contribution in [0.3, 0.4) is 0 Å². The van der Waals surface area contributed by atoms with Gasteiger partial charge < -0.3 is 10.2 Å². The summed E-state index contributed by atoms with van der Waals surface area (Å²) in [7, 11) is 0. The van der Waals surface area contributed by atoms with E-state index in [9.17, 15) is 15.0 Å². The molecule has 0 aromatic heterocycles. The number of hydrogen-bond acceptors (Lipinski definition) is 4. The molecule has 0 saturated carbocycles. The van der Waals surface area contributed by atoms with Crippen LogP contribution in [0.1, 0.15) is 21.5 Å². The van der Waals surface area contributed by atoms with Crippen LogP contribution >= 0.6 is 11.8 Å². The zero-order valence-electron chi connectivity index (χ0n) is 11.4. The smallest absolute Gasteiger partial charge is 0.173 e. The van der Waals surface area contributed by atoms with Crippen LogP contribution in [0.5, 0.6) is 11.5 Å². The van der Waals surface area contributed by atoms with Gasteiger partial charge in [-0.3, -0.25) is 4.79 Å². The summed E-state index contributed by atoms with van der Waals surface area (Å²) >= 11 is 1.48. The van der Waals surface area contributed by atoms with Crippen LogP contribution < -0.4 is 0 Å². The van der Waals surface area contributed by atoms with Crippen LogP contribution in [-0.2, 0) is 0 Å². The van der Waals surface area contributed by atoms with Crippen LogP contribution in [0.2, 0.25) is 0 Å². The molecule has 0 unspecified atom stereocenters. The minimum atomic E-state index is -0.271. The third kappa shape index (κ3) is 3.33. The predicted molar refractivity (Wildman–Crippen MR) is 80.7 cm³/mol. The summed E-state index contributed by atoms with van der Waals surface area (Å²) in [6.07, 6.45) is 0. The Balaban J connectivity index is 2.06. The fourth-order valence-corrected chi connectivity index (χ4v) is 2.79. The first-order chi connectivity index (χ1) is 9.47. The number of hydrogen-bond donors (Lipinski definition) is 2. The van der Waals surface area contributed by atoms with E-state index in [4.69, 9.17) is 0 Å². The third-order valence-electron chi connectivity index (χ3n) is 2.99. The van der Waals surface area contributed by atoms with E-state index in [1.165, 1.54) is 35.5 Å². The summed E-state index contributed by atoms with van der Waals surface area (Å²) in [6.45, 7) is 4.05. The number of carbonyl (C=O) groups excluding carboxylic acids is 1. The molecule has 0 saturated heterocycles. The number of aryl methyl sites for hydroxylation is 2. The zero-order valence-corrected chi connectivity index (χ0v) is 12.2. The molecule has 2 N–H and O–H groups in total. The van der Waals surface area contributed by atoms with Gasteiger partial charge in [0.05, 0.1) is 5.75 Å². The second-order valence-electron chi connectivity index (χ2n) is 4.68. The molecular formula is C16H16O3S. The highest BCUT2D eigenvalue weighted by Crippen LogP contribution is 2.27. The number of thioether (sulfide) groups is 1. The van der Waals surface area contributed by atoms with Crippen molar-refractivity contribution in [3.8, 4) is 11.5 Å². The van der Waals surface area contributed by atoms with Crippen molar-refractivity contribution in [3.05, 3.63) is 53.1 Å².